The lowest BCUT2D eigenvalue weighted by Gasteiger charge is -2.36. The Kier molecular flexibility index (Phi) is 5.24. The molecule has 0 spiro atoms. The maximum Gasteiger partial charge on any atom is 0.150 e. The van der Waals surface area contributed by atoms with Crippen LogP contribution in [0.25, 0.3) is 0 Å². The van der Waals surface area contributed by atoms with Crippen LogP contribution < -0.4 is 0 Å². The number of ketones is 1. The van der Waals surface area contributed by atoms with Crippen molar-refractivity contribution in [3.8, 4) is 0 Å². The van der Waals surface area contributed by atoms with Gasteiger partial charge in [-0.3, -0.25) is 4.79 Å². The third kappa shape index (κ3) is 4.04. The molecule has 2 unspecified atom stereocenters. The number of ether oxygens (including phenoxy) is 1. The highest BCUT2D eigenvalue weighted by Gasteiger charge is 2.36. The summed E-state index contributed by atoms with van der Waals surface area (Å²) in [5, 5.41) is -0.303. The van der Waals surface area contributed by atoms with Gasteiger partial charge in [0.05, 0.1) is 11.4 Å². The molecule has 0 radical (unpaired) electrons. The van der Waals surface area contributed by atoms with Crippen LogP contribution in [0.4, 0.5) is 0 Å². The molecule has 0 aromatic rings. The highest BCUT2D eigenvalue weighted by Crippen LogP contribution is 2.36. The van der Waals surface area contributed by atoms with Gasteiger partial charge in [0.25, 0.3) is 0 Å². The highest BCUT2D eigenvalue weighted by atomic mass is 32.2. The number of Topliss-reactive ketones (excluding diaryl/α,β-unsaturated/α-hetero) is 1. The second-order valence-electron chi connectivity index (χ2n) is 6.40. The Morgan fingerprint density at radius 2 is 1.90 bits per heavy atom. The summed E-state index contributed by atoms with van der Waals surface area (Å²) in [6, 6.07) is 0. The van der Waals surface area contributed by atoms with Crippen LogP contribution in [-0.2, 0) is 19.4 Å². The molecule has 2 saturated carbocycles. The van der Waals surface area contributed by atoms with Crippen LogP contribution in [0.5, 0.6) is 0 Å². The van der Waals surface area contributed by atoms with E-state index in [1.54, 1.807) is 0 Å². The Morgan fingerprint density at radius 1 is 1.20 bits per heavy atom. The molecule has 2 aliphatic rings. The Balaban J connectivity index is 1.78. The summed E-state index contributed by atoms with van der Waals surface area (Å²) in [7, 11) is -3.00. The first kappa shape index (κ1) is 16.0. The van der Waals surface area contributed by atoms with Gasteiger partial charge in [0.15, 0.2) is 0 Å². The summed E-state index contributed by atoms with van der Waals surface area (Å²) in [6.07, 6.45) is 7.22. The van der Waals surface area contributed by atoms with Crippen molar-refractivity contribution in [1.82, 2.24) is 0 Å². The fourth-order valence-electron chi connectivity index (χ4n) is 3.49. The van der Waals surface area contributed by atoms with Gasteiger partial charge in [0.2, 0.25) is 0 Å². The molecule has 4 nitrogen and oxygen atoms in total. The van der Waals surface area contributed by atoms with Gasteiger partial charge in [-0.05, 0) is 44.9 Å². The maximum atomic E-state index is 12.3. The first-order valence-electron chi connectivity index (χ1n) is 7.73. The number of rotatable bonds is 6. The lowest BCUT2D eigenvalue weighted by molar-refractivity contribution is -0.127. The highest BCUT2D eigenvalue weighted by molar-refractivity contribution is 7.91. The molecule has 0 N–H and O–H groups in total. The molecule has 116 valence electrons. The lowest BCUT2D eigenvalue weighted by atomic mass is 9.75. The van der Waals surface area contributed by atoms with E-state index in [0.29, 0.717) is 24.9 Å². The lowest BCUT2D eigenvalue weighted by Crippen LogP contribution is -2.36. The number of hydrogen-bond donors (Lipinski definition) is 0. The van der Waals surface area contributed by atoms with E-state index in [-0.39, 0.29) is 17.0 Å². The molecule has 2 atom stereocenters. The van der Waals surface area contributed by atoms with Crippen LogP contribution in [0.3, 0.4) is 0 Å². The predicted molar refractivity (Wildman–Crippen MR) is 78.4 cm³/mol. The minimum absolute atomic E-state index is 0.0328. The van der Waals surface area contributed by atoms with Gasteiger partial charge in [0, 0.05) is 25.2 Å². The Labute approximate surface area is 122 Å². The van der Waals surface area contributed by atoms with Crippen LogP contribution in [-0.4, -0.2) is 38.4 Å². The first-order valence-corrected chi connectivity index (χ1v) is 9.68. The fourth-order valence-corrected chi connectivity index (χ4v) is 4.67. The Bertz CT molecular complexity index is 437. The standard InChI is InChI=1S/C15H26O4S/c1-3-19-13-7-11(8-13)9-15(16)12-5-4-6-14(10-12)20(2,17)18/h11-14H,3-10H2,1-2H3. The summed E-state index contributed by atoms with van der Waals surface area (Å²) < 4.78 is 28.8. The molecule has 0 heterocycles. The number of carbonyl (C=O) groups is 1. The molecular weight excluding hydrogens is 276 g/mol. The summed E-state index contributed by atoms with van der Waals surface area (Å²) >= 11 is 0. The average Bonchev–Trinajstić information content (AvgIpc) is 2.35. The predicted octanol–water partition coefficient (Wildman–Crippen LogP) is 2.36. The zero-order chi connectivity index (χ0) is 14.8. The van der Waals surface area contributed by atoms with E-state index < -0.39 is 9.84 Å². The topological polar surface area (TPSA) is 60.4 Å². The van der Waals surface area contributed by atoms with Gasteiger partial charge < -0.3 is 4.74 Å². The third-order valence-corrected chi connectivity index (χ3v) is 6.41. The Morgan fingerprint density at radius 3 is 2.50 bits per heavy atom. The fraction of sp³-hybridized carbons (Fsp3) is 0.933. The molecule has 0 aromatic carbocycles. The maximum absolute atomic E-state index is 12.3. The van der Waals surface area contributed by atoms with Crippen LogP contribution in [0.15, 0.2) is 0 Å². The van der Waals surface area contributed by atoms with E-state index in [4.69, 9.17) is 4.74 Å². The average molecular weight is 302 g/mol. The van der Waals surface area contributed by atoms with E-state index in [1.165, 1.54) is 6.26 Å². The summed E-state index contributed by atoms with van der Waals surface area (Å²) in [5.41, 5.74) is 0. The van der Waals surface area contributed by atoms with Gasteiger partial charge in [0.1, 0.15) is 15.6 Å². The summed E-state index contributed by atoms with van der Waals surface area (Å²) in [6.45, 7) is 2.73. The van der Waals surface area contributed by atoms with E-state index in [9.17, 15) is 13.2 Å². The molecule has 0 saturated heterocycles. The number of sulfone groups is 1. The monoisotopic (exact) mass is 302 g/mol. The second kappa shape index (κ2) is 6.56. The largest absolute Gasteiger partial charge is 0.378 e. The molecule has 5 heteroatoms. The van der Waals surface area contributed by atoms with Gasteiger partial charge in [-0.1, -0.05) is 6.42 Å². The summed E-state index contributed by atoms with van der Waals surface area (Å²) in [5.74, 6) is 0.700. The Hall–Kier alpha value is -0.420. The van der Waals surface area contributed by atoms with E-state index in [0.717, 1.165) is 38.7 Å². The van der Waals surface area contributed by atoms with Crippen LogP contribution in [0.1, 0.15) is 51.9 Å². The van der Waals surface area contributed by atoms with Crippen molar-refractivity contribution in [3.05, 3.63) is 0 Å². The third-order valence-electron chi connectivity index (χ3n) is 4.77. The van der Waals surface area contributed by atoms with Crippen LogP contribution >= 0.6 is 0 Å². The molecule has 2 rings (SSSR count). The normalized spacial score (nSPS) is 34.5. The molecule has 0 aromatic heterocycles. The first-order chi connectivity index (χ1) is 9.40. The summed E-state index contributed by atoms with van der Waals surface area (Å²) in [4.78, 5) is 12.3. The van der Waals surface area contributed by atoms with E-state index in [2.05, 4.69) is 0 Å². The number of carbonyl (C=O) groups excluding carboxylic acids is 1. The van der Waals surface area contributed by atoms with Crippen molar-refractivity contribution in [2.75, 3.05) is 12.9 Å². The van der Waals surface area contributed by atoms with E-state index >= 15 is 0 Å². The minimum atomic E-state index is -3.00. The van der Waals surface area contributed by atoms with Crippen molar-refractivity contribution in [2.45, 2.75) is 63.2 Å². The molecule has 2 fully saturated rings. The molecule has 0 amide bonds. The molecule has 0 aliphatic heterocycles. The van der Waals surface area contributed by atoms with Gasteiger partial charge >= 0.3 is 0 Å². The van der Waals surface area contributed by atoms with Crippen molar-refractivity contribution >= 4 is 15.6 Å². The van der Waals surface area contributed by atoms with Gasteiger partial charge in [-0.25, -0.2) is 8.42 Å². The van der Waals surface area contributed by atoms with Crippen LogP contribution in [0.2, 0.25) is 0 Å². The van der Waals surface area contributed by atoms with Crippen molar-refractivity contribution in [2.24, 2.45) is 11.8 Å². The second-order valence-corrected chi connectivity index (χ2v) is 8.73. The smallest absolute Gasteiger partial charge is 0.150 e. The van der Waals surface area contributed by atoms with Crippen molar-refractivity contribution in [3.63, 3.8) is 0 Å². The zero-order valence-electron chi connectivity index (χ0n) is 12.5. The molecule has 20 heavy (non-hydrogen) atoms. The number of hydrogen-bond acceptors (Lipinski definition) is 4. The zero-order valence-corrected chi connectivity index (χ0v) is 13.3. The van der Waals surface area contributed by atoms with Gasteiger partial charge in [-0.15, -0.1) is 0 Å². The molecule has 0 bridgehead atoms. The minimum Gasteiger partial charge on any atom is -0.378 e. The van der Waals surface area contributed by atoms with Crippen molar-refractivity contribution < 1.29 is 17.9 Å². The molecular formula is C15H26O4S. The van der Waals surface area contributed by atoms with Crippen LogP contribution in [0, 0.1) is 11.8 Å². The van der Waals surface area contributed by atoms with Gasteiger partial charge in [-0.2, -0.15) is 0 Å². The SMILES string of the molecule is CCOC1CC(CC(=O)C2CCCC(S(C)(=O)=O)C2)C1. The quantitative estimate of drug-likeness (QED) is 0.755. The van der Waals surface area contributed by atoms with Crippen molar-refractivity contribution in [1.29, 1.82) is 0 Å². The molecule has 2 aliphatic carbocycles. The van der Waals surface area contributed by atoms with E-state index in [1.807, 2.05) is 6.92 Å².